The summed E-state index contributed by atoms with van der Waals surface area (Å²) in [5.41, 5.74) is 2.34. The average molecular weight is 311 g/mol. The Morgan fingerprint density at radius 2 is 1.95 bits per heavy atom. The van der Waals surface area contributed by atoms with Crippen molar-refractivity contribution in [1.29, 1.82) is 0 Å². The standard InChI is InChI=1S/C14H11ClO2S2/c15-11-3-1-9(2-4-11)5-10-6-12(19-8-10)7-13(18)14(16)17/h1-4,6,8H,5,7H2,(H,16,17). The molecular weight excluding hydrogens is 300 g/mol. The molecule has 0 aliphatic rings. The number of thiophene rings is 1. The predicted molar refractivity (Wildman–Crippen MR) is 82.5 cm³/mol. The van der Waals surface area contributed by atoms with E-state index in [1.807, 2.05) is 35.7 Å². The van der Waals surface area contributed by atoms with Gasteiger partial charge in [0.05, 0.1) is 0 Å². The van der Waals surface area contributed by atoms with E-state index in [9.17, 15) is 4.79 Å². The predicted octanol–water partition coefficient (Wildman–Crippen LogP) is 3.99. The van der Waals surface area contributed by atoms with Crippen LogP contribution in [0.5, 0.6) is 0 Å². The van der Waals surface area contributed by atoms with Crippen LogP contribution in [0.2, 0.25) is 5.02 Å². The van der Waals surface area contributed by atoms with Gasteiger partial charge in [-0.2, -0.15) is 0 Å². The lowest BCUT2D eigenvalue weighted by Gasteiger charge is -1.99. The van der Waals surface area contributed by atoms with Crippen molar-refractivity contribution in [2.45, 2.75) is 12.8 Å². The van der Waals surface area contributed by atoms with Gasteiger partial charge in [0.25, 0.3) is 0 Å². The third kappa shape index (κ3) is 4.13. The monoisotopic (exact) mass is 310 g/mol. The van der Waals surface area contributed by atoms with Crippen molar-refractivity contribution in [3.63, 3.8) is 0 Å². The lowest BCUT2D eigenvalue weighted by molar-refractivity contribution is -0.129. The number of thiocarbonyl (C=S) groups is 1. The van der Waals surface area contributed by atoms with E-state index < -0.39 is 5.97 Å². The first-order valence-corrected chi connectivity index (χ1v) is 7.28. The molecule has 2 aromatic rings. The summed E-state index contributed by atoms with van der Waals surface area (Å²) >= 11 is 12.2. The van der Waals surface area contributed by atoms with Gasteiger partial charge in [-0.1, -0.05) is 36.0 Å². The van der Waals surface area contributed by atoms with Crippen molar-refractivity contribution in [2.75, 3.05) is 0 Å². The molecule has 0 amide bonds. The van der Waals surface area contributed by atoms with Gasteiger partial charge in [-0.25, -0.2) is 4.79 Å². The van der Waals surface area contributed by atoms with Gasteiger partial charge in [0.2, 0.25) is 0 Å². The van der Waals surface area contributed by atoms with E-state index >= 15 is 0 Å². The molecule has 0 aliphatic carbocycles. The number of carbonyl (C=O) groups is 1. The number of hydrogen-bond acceptors (Lipinski definition) is 3. The first-order valence-electron chi connectivity index (χ1n) is 5.61. The van der Waals surface area contributed by atoms with E-state index in [1.165, 1.54) is 5.56 Å². The molecule has 0 radical (unpaired) electrons. The van der Waals surface area contributed by atoms with E-state index in [2.05, 4.69) is 0 Å². The fourth-order valence-electron chi connectivity index (χ4n) is 1.68. The highest BCUT2D eigenvalue weighted by Crippen LogP contribution is 2.20. The second kappa shape index (κ2) is 6.28. The van der Waals surface area contributed by atoms with Crippen LogP contribution in [-0.4, -0.2) is 15.9 Å². The molecule has 0 atom stereocenters. The van der Waals surface area contributed by atoms with Crippen molar-refractivity contribution in [2.24, 2.45) is 0 Å². The van der Waals surface area contributed by atoms with Crippen LogP contribution in [0.3, 0.4) is 0 Å². The van der Waals surface area contributed by atoms with Crippen LogP contribution in [0.1, 0.15) is 16.0 Å². The fourth-order valence-corrected chi connectivity index (χ4v) is 2.96. The highest BCUT2D eigenvalue weighted by atomic mass is 35.5. The largest absolute Gasteiger partial charge is 0.477 e. The second-order valence-corrected chi connectivity index (χ2v) is 6.05. The Kier molecular flexibility index (Phi) is 4.69. The molecule has 1 N–H and O–H groups in total. The Labute approximate surface area is 125 Å². The lowest BCUT2D eigenvalue weighted by atomic mass is 10.1. The summed E-state index contributed by atoms with van der Waals surface area (Å²) in [5, 5.41) is 11.5. The molecule has 0 saturated carbocycles. The van der Waals surface area contributed by atoms with E-state index in [1.54, 1.807) is 11.3 Å². The molecule has 0 saturated heterocycles. The van der Waals surface area contributed by atoms with Crippen LogP contribution in [0.4, 0.5) is 0 Å². The SMILES string of the molecule is O=C(O)C(=S)Cc1cc(Cc2ccc(Cl)cc2)cs1. The Morgan fingerprint density at radius 1 is 1.26 bits per heavy atom. The first kappa shape index (κ1) is 14.2. The Balaban J connectivity index is 2.03. The Morgan fingerprint density at radius 3 is 2.58 bits per heavy atom. The molecule has 98 valence electrons. The zero-order valence-corrected chi connectivity index (χ0v) is 12.3. The molecule has 5 heteroatoms. The van der Waals surface area contributed by atoms with Gasteiger partial charge in [-0.05, 0) is 41.1 Å². The van der Waals surface area contributed by atoms with Gasteiger partial charge in [0.15, 0.2) is 0 Å². The molecule has 0 aliphatic heterocycles. The maximum absolute atomic E-state index is 10.7. The summed E-state index contributed by atoms with van der Waals surface area (Å²) < 4.78 is 0. The van der Waals surface area contributed by atoms with E-state index in [4.69, 9.17) is 28.9 Å². The second-order valence-electron chi connectivity index (χ2n) is 4.13. The zero-order valence-electron chi connectivity index (χ0n) is 9.93. The van der Waals surface area contributed by atoms with Gasteiger partial charge in [0, 0.05) is 16.3 Å². The van der Waals surface area contributed by atoms with Crippen molar-refractivity contribution in [3.05, 3.63) is 56.7 Å². The third-order valence-corrected chi connectivity index (χ3v) is 4.16. The van der Waals surface area contributed by atoms with E-state index in [0.29, 0.717) is 6.42 Å². The molecular formula is C14H11ClO2S2. The average Bonchev–Trinajstić information content (AvgIpc) is 2.79. The minimum atomic E-state index is -1.01. The van der Waals surface area contributed by atoms with Gasteiger partial charge in [-0.3, -0.25) is 0 Å². The van der Waals surface area contributed by atoms with Crippen LogP contribution >= 0.6 is 35.2 Å². The number of hydrogen-bond donors (Lipinski definition) is 1. The van der Waals surface area contributed by atoms with Crippen LogP contribution in [0, 0.1) is 0 Å². The number of aliphatic carboxylic acids is 1. The molecule has 1 aromatic heterocycles. The highest BCUT2D eigenvalue weighted by molar-refractivity contribution is 7.82. The van der Waals surface area contributed by atoms with Crippen molar-refractivity contribution in [3.8, 4) is 0 Å². The van der Waals surface area contributed by atoms with Crippen molar-refractivity contribution in [1.82, 2.24) is 0 Å². The van der Waals surface area contributed by atoms with Crippen LogP contribution in [0.15, 0.2) is 35.7 Å². The van der Waals surface area contributed by atoms with Gasteiger partial charge < -0.3 is 5.11 Å². The smallest absolute Gasteiger partial charge is 0.342 e. The van der Waals surface area contributed by atoms with E-state index in [-0.39, 0.29) is 4.86 Å². The van der Waals surface area contributed by atoms with Crippen molar-refractivity contribution >= 4 is 46.0 Å². The number of carboxylic acids is 1. The highest BCUT2D eigenvalue weighted by Gasteiger charge is 2.09. The minimum Gasteiger partial charge on any atom is -0.477 e. The Hall–Kier alpha value is -1.23. The quantitative estimate of drug-likeness (QED) is 0.848. The maximum atomic E-state index is 10.7. The van der Waals surface area contributed by atoms with Gasteiger partial charge >= 0.3 is 5.97 Å². The lowest BCUT2D eigenvalue weighted by Crippen LogP contribution is -2.11. The molecule has 19 heavy (non-hydrogen) atoms. The summed E-state index contributed by atoms with van der Waals surface area (Å²) in [5.74, 6) is -1.01. The molecule has 2 nitrogen and oxygen atoms in total. The molecule has 1 heterocycles. The zero-order chi connectivity index (χ0) is 13.8. The molecule has 0 bridgehead atoms. The number of carboxylic acid groups (broad SMARTS) is 1. The molecule has 0 unspecified atom stereocenters. The van der Waals surface area contributed by atoms with Crippen LogP contribution < -0.4 is 0 Å². The summed E-state index contributed by atoms with van der Waals surface area (Å²) in [6.07, 6.45) is 1.14. The normalized spacial score (nSPS) is 10.4. The number of benzene rings is 1. The van der Waals surface area contributed by atoms with Gasteiger partial charge in [0.1, 0.15) is 4.86 Å². The van der Waals surface area contributed by atoms with Crippen LogP contribution in [0.25, 0.3) is 0 Å². The van der Waals surface area contributed by atoms with E-state index in [0.717, 1.165) is 21.9 Å². The minimum absolute atomic E-state index is 0.0555. The molecule has 0 spiro atoms. The Bertz CT molecular complexity index is 602. The first-order chi connectivity index (χ1) is 9.04. The maximum Gasteiger partial charge on any atom is 0.342 e. The number of halogens is 1. The molecule has 2 rings (SSSR count). The van der Waals surface area contributed by atoms with Crippen molar-refractivity contribution < 1.29 is 9.90 Å². The van der Waals surface area contributed by atoms with Crippen LogP contribution in [-0.2, 0) is 17.6 Å². The third-order valence-electron chi connectivity index (χ3n) is 2.60. The number of rotatable bonds is 5. The topological polar surface area (TPSA) is 37.3 Å². The fraction of sp³-hybridized carbons (Fsp3) is 0.143. The summed E-state index contributed by atoms with van der Waals surface area (Å²) in [4.78, 5) is 11.7. The molecule has 0 fully saturated rings. The molecule has 1 aromatic carbocycles. The summed E-state index contributed by atoms with van der Waals surface area (Å²) in [6, 6.07) is 9.71. The summed E-state index contributed by atoms with van der Waals surface area (Å²) in [6.45, 7) is 0. The van der Waals surface area contributed by atoms with Gasteiger partial charge in [-0.15, -0.1) is 11.3 Å². The summed E-state index contributed by atoms with van der Waals surface area (Å²) in [7, 11) is 0.